The van der Waals surface area contributed by atoms with Gasteiger partial charge in [0, 0.05) is 16.1 Å². The summed E-state index contributed by atoms with van der Waals surface area (Å²) in [5, 5.41) is 0.734. The molecular formula is C10H4BrCl2NO2. The van der Waals surface area contributed by atoms with Gasteiger partial charge in [0.15, 0.2) is 0 Å². The molecular weight excluding hydrogens is 317 g/mol. The Morgan fingerprint density at radius 2 is 1.62 bits per heavy atom. The van der Waals surface area contributed by atoms with E-state index in [-0.39, 0.29) is 4.48 Å². The van der Waals surface area contributed by atoms with Crippen LogP contribution in [0.5, 0.6) is 0 Å². The van der Waals surface area contributed by atoms with E-state index >= 15 is 0 Å². The van der Waals surface area contributed by atoms with Crippen molar-refractivity contribution < 1.29 is 9.59 Å². The van der Waals surface area contributed by atoms with Crippen LogP contribution in [-0.4, -0.2) is 11.8 Å². The molecule has 0 fully saturated rings. The molecule has 82 valence electrons. The molecule has 0 aromatic heterocycles. The van der Waals surface area contributed by atoms with Gasteiger partial charge in [-0.25, -0.2) is 4.90 Å². The van der Waals surface area contributed by atoms with E-state index in [0.29, 0.717) is 15.7 Å². The average molecular weight is 321 g/mol. The van der Waals surface area contributed by atoms with Gasteiger partial charge in [-0.2, -0.15) is 0 Å². The summed E-state index contributed by atoms with van der Waals surface area (Å²) in [5.41, 5.74) is 0.359. The SMILES string of the molecule is O=C1C=C(Br)C(=O)N1c1cc(Cl)cc(Cl)c1. The van der Waals surface area contributed by atoms with E-state index in [4.69, 9.17) is 23.2 Å². The van der Waals surface area contributed by atoms with Crippen LogP contribution in [0.4, 0.5) is 5.69 Å². The van der Waals surface area contributed by atoms with Crippen molar-refractivity contribution >= 4 is 56.6 Å². The van der Waals surface area contributed by atoms with Crippen LogP contribution in [0.2, 0.25) is 10.0 Å². The Morgan fingerprint density at radius 1 is 1.06 bits per heavy atom. The number of hydrogen-bond acceptors (Lipinski definition) is 2. The summed E-state index contributed by atoms with van der Waals surface area (Å²) in [7, 11) is 0. The van der Waals surface area contributed by atoms with Crippen molar-refractivity contribution in [3.05, 3.63) is 38.8 Å². The number of carbonyl (C=O) groups is 2. The molecule has 1 aromatic rings. The van der Waals surface area contributed by atoms with E-state index < -0.39 is 11.8 Å². The van der Waals surface area contributed by atoms with Gasteiger partial charge in [0.05, 0.1) is 10.2 Å². The Balaban J connectivity index is 2.46. The number of amides is 2. The fourth-order valence-corrected chi connectivity index (χ4v) is 2.24. The zero-order valence-electron chi connectivity index (χ0n) is 7.71. The molecule has 0 atom stereocenters. The lowest BCUT2D eigenvalue weighted by molar-refractivity contribution is -0.120. The van der Waals surface area contributed by atoms with Crippen molar-refractivity contribution in [2.75, 3.05) is 4.90 Å². The standard InChI is InChI=1S/C10H4BrCl2NO2/c11-8-4-9(15)14(10(8)16)7-2-5(12)1-6(13)3-7/h1-4H. The van der Waals surface area contributed by atoms with Crippen LogP contribution in [0.3, 0.4) is 0 Å². The summed E-state index contributed by atoms with van der Waals surface area (Å²) >= 11 is 14.6. The summed E-state index contributed by atoms with van der Waals surface area (Å²) < 4.78 is 0.216. The van der Waals surface area contributed by atoms with Crippen LogP contribution in [0.1, 0.15) is 0 Å². The number of halogens is 3. The van der Waals surface area contributed by atoms with Crippen molar-refractivity contribution in [3.8, 4) is 0 Å². The van der Waals surface area contributed by atoms with Gasteiger partial charge in [-0.05, 0) is 34.1 Å². The molecule has 2 rings (SSSR count). The molecule has 0 unspecified atom stereocenters. The van der Waals surface area contributed by atoms with Crippen molar-refractivity contribution in [2.24, 2.45) is 0 Å². The summed E-state index contributed by atoms with van der Waals surface area (Å²) in [6.07, 6.45) is 1.21. The first-order valence-electron chi connectivity index (χ1n) is 4.21. The Labute approximate surface area is 110 Å². The average Bonchev–Trinajstić information content (AvgIpc) is 2.39. The van der Waals surface area contributed by atoms with Gasteiger partial charge in [0.1, 0.15) is 0 Å². The first-order chi connectivity index (χ1) is 7.49. The highest BCUT2D eigenvalue weighted by molar-refractivity contribution is 9.12. The van der Waals surface area contributed by atoms with Crippen molar-refractivity contribution in [1.29, 1.82) is 0 Å². The third kappa shape index (κ3) is 2.00. The largest absolute Gasteiger partial charge is 0.272 e. The molecule has 3 nitrogen and oxygen atoms in total. The van der Waals surface area contributed by atoms with Crippen molar-refractivity contribution in [3.63, 3.8) is 0 Å². The first kappa shape index (κ1) is 11.6. The van der Waals surface area contributed by atoms with Crippen LogP contribution < -0.4 is 4.90 Å². The topological polar surface area (TPSA) is 37.4 Å². The molecule has 2 amide bonds. The molecule has 0 spiro atoms. The summed E-state index contributed by atoms with van der Waals surface area (Å²) in [4.78, 5) is 24.2. The predicted molar refractivity (Wildman–Crippen MR) is 66.0 cm³/mol. The van der Waals surface area contributed by atoms with Crippen molar-refractivity contribution in [2.45, 2.75) is 0 Å². The zero-order chi connectivity index (χ0) is 11.9. The number of anilines is 1. The van der Waals surface area contributed by atoms with E-state index in [2.05, 4.69) is 15.9 Å². The lowest BCUT2D eigenvalue weighted by atomic mass is 10.3. The second-order valence-corrected chi connectivity index (χ2v) is 4.83. The van der Waals surface area contributed by atoms with Gasteiger partial charge in [-0.1, -0.05) is 23.2 Å². The number of carbonyl (C=O) groups excluding carboxylic acids is 2. The van der Waals surface area contributed by atoms with E-state index in [1.165, 1.54) is 24.3 Å². The number of rotatable bonds is 1. The number of hydrogen-bond donors (Lipinski definition) is 0. The minimum atomic E-state index is -0.427. The minimum absolute atomic E-state index is 0.216. The normalized spacial score (nSPS) is 15.7. The van der Waals surface area contributed by atoms with Crippen LogP contribution in [0.25, 0.3) is 0 Å². The zero-order valence-corrected chi connectivity index (χ0v) is 10.8. The maximum atomic E-state index is 11.6. The van der Waals surface area contributed by atoms with Crippen molar-refractivity contribution in [1.82, 2.24) is 0 Å². The lowest BCUT2D eigenvalue weighted by Crippen LogP contribution is -2.30. The number of imide groups is 1. The van der Waals surface area contributed by atoms with Gasteiger partial charge >= 0.3 is 0 Å². The molecule has 6 heteroatoms. The van der Waals surface area contributed by atoms with Crippen LogP contribution in [0.15, 0.2) is 28.8 Å². The number of nitrogens with zero attached hydrogens (tertiary/aromatic N) is 1. The maximum absolute atomic E-state index is 11.6. The fourth-order valence-electron chi connectivity index (χ4n) is 1.35. The second kappa shape index (κ2) is 4.20. The predicted octanol–water partition coefficient (Wildman–Crippen LogP) is 3.15. The molecule has 16 heavy (non-hydrogen) atoms. The van der Waals surface area contributed by atoms with Crippen LogP contribution in [-0.2, 0) is 9.59 Å². The fraction of sp³-hybridized carbons (Fsp3) is 0. The first-order valence-corrected chi connectivity index (χ1v) is 5.75. The van der Waals surface area contributed by atoms with E-state index in [9.17, 15) is 9.59 Å². The highest BCUT2D eigenvalue weighted by Crippen LogP contribution is 2.30. The summed E-state index contributed by atoms with van der Waals surface area (Å²) in [5.74, 6) is -0.849. The van der Waals surface area contributed by atoms with Gasteiger partial charge in [0.2, 0.25) is 0 Å². The number of benzene rings is 1. The monoisotopic (exact) mass is 319 g/mol. The molecule has 0 radical (unpaired) electrons. The Hall–Kier alpha value is -0.840. The minimum Gasteiger partial charge on any atom is -0.269 e. The van der Waals surface area contributed by atoms with E-state index in [1.54, 1.807) is 0 Å². The smallest absolute Gasteiger partial charge is 0.269 e. The highest BCUT2D eigenvalue weighted by atomic mass is 79.9. The molecule has 0 N–H and O–H groups in total. The third-order valence-electron chi connectivity index (χ3n) is 1.98. The third-order valence-corrected chi connectivity index (χ3v) is 2.99. The Kier molecular flexibility index (Phi) is 3.06. The molecule has 0 saturated carbocycles. The highest BCUT2D eigenvalue weighted by Gasteiger charge is 2.31. The van der Waals surface area contributed by atoms with E-state index in [1.807, 2.05) is 0 Å². The van der Waals surface area contributed by atoms with Gasteiger partial charge in [0.25, 0.3) is 11.8 Å². The molecule has 0 bridgehead atoms. The summed E-state index contributed by atoms with van der Waals surface area (Å²) in [6.45, 7) is 0. The Bertz CT molecular complexity index is 507. The van der Waals surface area contributed by atoms with Crippen LogP contribution >= 0.6 is 39.1 Å². The van der Waals surface area contributed by atoms with Gasteiger partial charge in [-0.3, -0.25) is 9.59 Å². The quantitative estimate of drug-likeness (QED) is 0.745. The second-order valence-electron chi connectivity index (χ2n) is 3.10. The molecule has 1 aliphatic heterocycles. The van der Waals surface area contributed by atoms with E-state index in [0.717, 1.165) is 4.90 Å². The van der Waals surface area contributed by atoms with Crippen LogP contribution in [0, 0.1) is 0 Å². The van der Waals surface area contributed by atoms with Gasteiger partial charge < -0.3 is 0 Å². The molecule has 1 aromatic carbocycles. The lowest BCUT2D eigenvalue weighted by Gasteiger charge is -2.14. The molecule has 1 aliphatic rings. The maximum Gasteiger partial charge on any atom is 0.272 e. The molecule has 0 saturated heterocycles. The Morgan fingerprint density at radius 3 is 2.06 bits per heavy atom. The summed E-state index contributed by atoms with van der Waals surface area (Å²) in [6, 6.07) is 4.53. The molecule has 1 heterocycles. The van der Waals surface area contributed by atoms with Gasteiger partial charge in [-0.15, -0.1) is 0 Å². The molecule has 0 aliphatic carbocycles.